The summed E-state index contributed by atoms with van der Waals surface area (Å²) >= 11 is 3.34. The van der Waals surface area contributed by atoms with Crippen molar-refractivity contribution in [1.29, 1.82) is 0 Å². The van der Waals surface area contributed by atoms with E-state index in [0.29, 0.717) is 18.1 Å². The second-order valence-electron chi connectivity index (χ2n) is 4.79. The Labute approximate surface area is 142 Å². The number of urea groups is 1. The molecule has 2 aromatic rings. The van der Waals surface area contributed by atoms with Crippen molar-refractivity contribution in [3.63, 3.8) is 0 Å². The summed E-state index contributed by atoms with van der Waals surface area (Å²) in [6.07, 6.45) is 2.10. The van der Waals surface area contributed by atoms with Gasteiger partial charge in [0.25, 0.3) is 0 Å². The molecule has 0 aliphatic heterocycles. The molecule has 0 atom stereocenters. The number of hydrogen-bond donors (Lipinski definition) is 2. The lowest BCUT2D eigenvalue weighted by molar-refractivity contribution is -0.116. The second-order valence-corrected chi connectivity index (χ2v) is 5.71. The van der Waals surface area contributed by atoms with Crippen LogP contribution in [0.5, 0.6) is 0 Å². The molecule has 0 saturated carbocycles. The molecule has 0 aliphatic carbocycles. The smallest absolute Gasteiger partial charge is 0.322 e. The van der Waals surface area contributed by atoms with E-state index in [-0.39, 0.29) is 18.5 Å². The van der Waals surface area contributed by atoms with Gasteiger partial charge in [0.05, 0.1) is 0 Å². The summed E-state index contributed by atoms with van der Waals surface area (Å²) < 4.78 is 5.57. The van der Waals surface area contributed by atoms with Crippen LogP contribution in [-0.2, 0) is 4.79 Å². The largest absolute Gasteiger partial charge is 0.363 e. The first-order chi connectivity index (χ1) is 11.1. The highest BCUT2D eigenvalue weighted by atomic mass is 79.9. The monoisotopic (exact) mass is 380 g/mol. The zero-order chi connectivity index (χ0) is 16.7. The van der Waals surface area contributed by atoms with Gasteiger partial charge in [-0.2, -0.15) is 0 Å². The van der Waals surface area contributed by atoms with E-state index in [1.807, 2.05) is 19.1 Å². The van der Waals surface area contributed by atoms with Crippen molar-refractivity contribution in [3.05, 3.63) is 41.1 Å². The Morgan fingerprint density at radius 2 is 1.96 bits per heavy atom. The maximum absolute atomic E-state index is 12.3. The molecule has 8 heteroatoms. The fourth-order valence-corrected chi connectivity index (χ4v) is 2.16. The number of benzene rings is 1. The van der Waals surface area contributed by atoms with Crippen LogP contribution in [0.1, 0.15) is 13.3 Å². The summed E-state index contributed by atoms with van der Waals surface area (Å²) in [5.41, 5.74) is 0.663. The Morgan fingerprint density at radius 3 is 2.57 bits per heavy atom. The minimum atomic E-state index is -0.335. The molecule has 0 spiro atoms. The van der Waals surface area contributed by atoms with Crippen LogP contribution in [0.25, 0.3) is 0 Å². The lowest BCUT2D eigenvalue weighted by atomic mass is 10.3. The number of nitrogens with zero attached hydrogens (tertiary/aromatic N) is 2. The van der Waals surface area contributed by atoms with Gasteiger partial charge in [-0.15, -0.1) is 0 Å². The molecule has 0 unspecified atom stereocenters. The third-order valence-electron chi connectivity index (χ3n) is 2.92. The number of carbonyl (C=O) groups excluding carboxylic acids is 2. The van der Waals surface area contributed by atoms with Crippen LogP contribution in [0.15, 0.2) is 45.6 Å². The fraction of sp³-hybridized carbons (Fsp3) is 0.267. The fourth-order valence-electron chi connectivity index (χ4n) is 1.89. The van der Waals surface area contributed by atoms with Crippen molar-refractivity contribution in [2.75, 3.05) is 23.7 Å². The number of nitrogens with one attached hydrogen (secondary N) is 2. The quantitative estimate of drug-likeness (QED) is 0.804. The summed E-state index contributed by atoms with van der Waals surface area (Å²) in [6.45, 7) is 2.34. The van der Waals surface area contributed by atoms with E-state index in [4.69, 9.17) is 0 Å². The highest BCUT2D eigenvalue weighted by molar-refractivity contribution is 9.10. The van der Waals surface area contributed by atoms with Crippen LogP contribution >= 0.6 is 15.9 Å². The van der Waals surface area contributed by atoms with Crippen molar-refractivity contribution in [2.45, 2.75) is 13.3 Å². The van der Waals surface area contributed by atoms with Crippen LogP contribution in [0.4, 0.5) is 16.3 Å². The molecule has 122 valence electrons. The summed E-state index contributed by atoms with van der Waals surface area (Å²) in [7, 11) is 0. The van der Waals surface area contributed by atoms with Gasteiger partial charge >= 0.3 is 6.03 Å². The van der Waals surface area contributed by atoms with Crippen molar-refractivity contribution < 1.29 is 14.1 Å². The first-order valence-corrected chi connectivity index (χ1v) is 7.89. The Kier molecular flexibility index (Phi) is 6.16. The van der Waals surface area contributed by atoms with Crippen LogP contribution in [-0.4, -0.2) is 35.1 Å². The van der Waals surface area contributed by atoms with E-state index < -0.39 is 0 Å². The molecular weight excluding hydrogens is 364 g/mol. The van der Waals surface area contributed by atoms with Gasteiger partial charge in [-0.25, -0.2) is 4.79 Å². The molecule has 1 heterocycles. The maximum Gasteiger partial charge on any atom is 0.322 e. The molecule has 3 amide bonds. The van der Waals surface area contributed by atoms with Crippen molar-refractivity contribution in [3.8, 4) is 0 Å². The number of anilines is 2. The first-order valence-electron chi connectivity index (χ1n) is 7.10. The maximum atomic E-state index is 12.3. The molecule has 0 saturated heterocycles. The Balaban J connectivity index is 1.94. The average molecular weight is 381 g/mol. The molecule has 0 fully saturated rings. The molecule has 2 N–H and O–H groups in total. The Hall–Kier alpha value is -2.35. The van der Waals surface area contributed by atoms with Gasteiger partial charge in [0.2, 0.25) is 5.91 Å². The van der Waals surface area contributed by atoms with E-state index in [1.165, 1.54) is 17.2 Å². The van der Waals surface area contributed by atoms with Crippen molar-refractivity contribution in [1.82, 2.24) is 10.1 Å². The number of halogens is 1. The topological polar surface area (TPSA) is 87.5 Å². The number of rotatable bonds is 6. The minimum Gasteiger partial charge on any atom is -0.363 e. The van der Waals surface area contributed by atoms with Crippen LogP contribution in [0, 0.1) is 0 Å². The summed E-state index contributed by atoms with van der Waals surface area (Å²) in [6, 6.07) is 8.42. The van der Waals surface area contributed by atoms with Crippen molar-refractivity contribution in [2.24, 2.45) is 0 Å². The molecule has 23 heavy (non-hydrogen) atoms. The molecule has 7 nitrogen and oxygen atoms in total. The third-order valence-corrected chi connectivity index (χ3v) is 3.44. The lowest BCUT2D eigenvalue weighted by Crippen LogP contribution is -2.41. The first kappa shape index (κ1) is 17.0. The summed E-state index contributed by atoms with van der Waals surface area (Å²) in [5, 5.41) is 8.94. The van der Waals surface area contributed by atoms with E-state index in [0.717, 1.165) is 10.9 Å². The van der Waals surface area contributed by atoms with Gasteiger partial charge in [-0.1, -0.05) is 28.0 Å². The van der Waals surface area contributed by atoms with Gasteiger partial charge in [0, 0.05) is 22.8 Å². The summed E-state index contributed by atoms with van der Waals surface area (Å²) in [5.74, 6) is -0.0157. The molecule has 0 bridgehead atoms. The van der Waals surface area contributed by atoms with Crippen LogP contribution < -0.4 is 10.6 Å². The molecule has 1 aromatic heterocycles. The Bertz CT molecular complexity index is 643. The standard InChI is InChI=1S/C15H17BrN4O3/c1-2-8-20(10-14(21)18-13-7-9-23-19-13)15(22)17-12-5-3-11(16)4-6-12/h3-7,9H,2,8,10H2,1H3,(H,17,22)(H,18,19,21). The highest BCUT2D eigenvalue weighted by Crippen LogP contribution is 2.14. The highest BCUT2D eigenvalue weighted by Gasteiger charge is 2.17. The third kappa shape index (κ3) is 5.41. The van der Waals surface area contributed by atoms with Gasteiger partial charge in [-0.3, -0.25) is 4.79 Å². The van der Waals surface area contributed by atoms with E-state index in [1.54, 1.807) is 12.1 Å². The molecule has 2 rings (SSSR count). The predicted octanol–water partition coefficient (Wildman–Crippen LogP) is 3.32. The van der Waals surface area contributed by atoms with Gasteiger partial charge in [-0.05, 0) is 30.7 Å². The predicted molar refractivity (Wildman–Crippen MR) is 90.2 cm³/mol. The van der Waals surface area contributed by atoms with E-state index in [9.17, 15) is 9.59 Å². The number of amides is 3. The van der Waals surface area contributed by atoms with Gasteiger partial charge in [0.1, 0.15) is 12.8 Å². The molecule has 0 radical (unpaired) electrons. The number of aromatic nitrogens is 1. The zero-order valence-corrected chi connectivity index (χ0v) is 14.2. The number of carbonyl (C=O) groups is 2. The lowest BCUT2D eigenvalue weighted by Gasteiger charge is -2.21. The van der Waals surface area contributed by atoms with Gasteiger partial charge in [0.15, 0.2) is 5.82 Å². The van der Waals surface area contributed by atoms with Crippen LogP contribution in [0.2, 0.25) is 0 Å². The van der Waals surface area contributed by atoms with E-state index >= 15 is 0 Å². The van der Waals surface area contributed by atoms with Crippen molar-refractivity contribution >= 4 is 39.4 Å². The minimum absolute atomic E-state index is 0.0664. The molecule has 1 aromatic carbocycles. The Morgan fingerprint density at radius 1 is 1.22 bits per heavy atom. The zero-order valence-electron chi connectivity index (χ0n) is 12.6. The number of hydrogen-bond acceptors (Lipinski definition) is 4. The molecular formula is C15H17BrN4O3. The van der Waals surface area contributed by atoms with E-state index in [2.05, 4.69) is 36.2 Å². The SMILES string of the molecule is CCCN(CC(=O)Nc1ccon1)C(=O)Nc1ccc(Br)cc1. The summed E-state index contributed by atoms with van der Waals surface area (Å²) in [4.78, 5) is 25.7. The van der Waals surface area contributed by atoms with Crippen LogP contribution in [0.3, 0.4) is 0 Å². The second kappa shape index (κ2) is 8.33. The van der Waals surface area contributed by atoms with Gasteiger partial charge < -0.3 is 20.1 Å². The molecule has 0 aliphatic rings. The normalized spacial score (nSPS) is 10.2. The average Bonchev–Trinajstić information content (AvgIpc) is 3.02.